The van der Waals surface area contributed by atoms with Crippen LogP contribution in [0.2, 0.25) is 0 Å². The van der Waals surface area contributed by atoms with Gasteiger partial charge >= 0.3 is 0 Å². The monoisotopic (exact) mass is 1580 g/mol. The van der Waals surface area contributed by atoms with Gasteiger partial charge in [0.15, 0.2) is 0 Å². The summed E-state index contributed by atoms with van der Waals surface area (Å²) in [7, 11) is 0. The molecule has 0 saturated carbocycles. The standard InChI is InChI=1S/2C60H40N2/c1-3-15-51-43(12-1)14-11-21-52(51)44-26-24-41(25-27-44)42-28-32-47(33-29-42)61(49-36-38-50(39-37-49)62-59-22-9-7-19-56(59)57-20-8-10-23-60(57)62)48-34-30-45(31-35-48)58-40-46-13-2-4-16-53(46)54-17-5-6-18-55(54)58;1-2-12-46-39-47(26-25-41(46)11-1)44-23-21-42(22-24-44)43-27-31-49(32-28-43)61(51-35-37-52(38-36-51)62-59-19-9-7-17-56(59)57-18-8-10-20-60(57)62)50-33-29-45(30-34-50)58-40-48-13-3-4-14-53(48)54-15-5-6-16-55(54)58/h2*1-40H. The fourth-order valence-corrected chi connectivity index (χ4v) is 19.1. The average molecular weight is 1580 g/mol. The predicted molar refractivity (Wildman–Crippen MR) is 529 cm³/mol. The summed E-state index contributed by atoms with van der Waals surface area (Å²) in [5.41, 5.74) is 28.2. The maximum absolute atomic E-state index is 2.38. The van der Waals surface area contributed by atoms with Gasteiger partial charge in [-0.05, 0) is 271 Å². The van der Waals surface area contributed by atoms with Crippen molar-refractivity contribution in [1.29, 1.82) is 0 Å². The molecular formula is C120H80N4. The number of hydrogen-bond donors (Lipinski definition) is 0. The van der Waals surface area contributed by atoms with Gasteiger partial charge in [-0.15, -0.1) is 0 Å². The summed E-state index contributed by atoms with van der Waals surface area (Å²) < 4.78 is 4.75. The van der Waals surface area contributed by atoms with Crippen LogP contribution in [0.4, 0.5) is 34.1 Å². The zero-order valence-electron chi connectivity index (χ0n) is 68.0. The molecule has 24 rings (SSSR count). The Morgan fingerprint density at radius 3 is 0.766 bits per heavy atom. The average Bonchev–Trinajstić information content (AvgIpc) is 1.53. The van der Waals surface area contributed by atoms with E-state index in [0.29, 0.717) is 0 Å². The van der Waals surface area contributed by atoms with Crippen LogP contribution >= 0.6 is 0 Å². The van der Waals surface area contributed by atoms with E-state index in [-0.39, 0.29) is 0 Å². The minimum atomic E-state index is 1.09. The van der Waals surface area contributed by atoms with Gasteiger partial charge in [0.2, 0.25) is 0 Å². The molecule has 0 atom stereocenters. The summed E-state index contributed by atoms with van der Waals surface area (Å²) in [6, 6.07) is 177. The second kappa shape index (κ2) is 31.1. The fourth-order valence-electron chi connectivity index (χ4n) is 19.1. The van der Waals surface area contributed by atoms with Crippen LogP contribution in [0, 0.1) is 0 Å². The molecule has 0 aliphatic heterocycles. The van der Waals surface area contributed by atoms with Gasteiger partial charge in [0.25, 0.3) is 0 Å². The zero-order valence-corrected chi connectivity index (χ0v) is 68.0. The number of benzene rings is 22. The van der Waals surface area contributed by atoms with Crippen molar-refractivity contribution in [3.8, 4) is 78.1 Å². The first-order valence-corrected chi connectivity index (χ1v) is 42.7. The lowest BCUT2D eigenvalue weighted by Crippen LogP contribution is -2.10. The van der Waals surface area contributed by atoms with E-state index >= 15 is 0 Å². The molecule has 0 fully saturated rings. The van der Waals surface area contributed by atoms with E-state index in [1.807, 2.05) is 0 Å². The molecule has 580 valence electrons. The van der Waals surface area contributed by atoms with Crippen LogP contribution in [-0.4, -0.2) is 9.13 Å². The van der Waals surface area contributed by atoms with Gasteiger partial charge in [-0.3, -0.25) is 0 Å². The maximum atomic E-state index is 2.38. The van der Waals surface area contributed by atoms with Crippen molar-refractivity contribution < 1.29 is 0 Å². The highest BCUT2D eigenvalue weighted by atomic mass is 15.1. The van der Waals surface area contributed by atoms with E-state index in [1.165, 1.54) is 175 Å². The summed E-state index contributed by atoms with van der Waals surface area (Å²) in [6.07, 6.45) is 0. The molecule has 0 amide bonds. The summed E-state index contributed by atoms with van der Waals surface area (Å²) in [5.74, 6) is 0. The van der Waals surface area contributed by atoms with Gasteiger partial charge in [-0.1, -0.05) is 346 Å². The lowest BCUT2D eigenvalue weighted by atomic mass is 9.93. The Bertz CT molecular complexity index is 8050. The number of aromatic nitrogens is 2. The van der Waals surface area contributed by atoms with Gasteiger partial charge in [0.1, 0.15) is 0 Å². The molecular weight excluding hydrogens is 1500 g/mol. The van der Waals surface area contributed by atoms with E-state index in [4.69, 9.17) is 0 Å². The van der Waals surface area contributed by atoms with Crippen LogP contribution in [-0.2, 0) is 0 Å². The summed E-state index contributed by atoms with van der Waals surface area (Å²) in [4.78, 5) is 4.73. The molecule has 0 aliphatic carbocycles. The van der Waals surface area contributed by atoms with Gasteiger partial charge in [0, 0.05) is 67.0 Å². The van der Waals surface area contributed by atoms with Crippen LogP contribution < -0.4 is 9.80 Å². The number of fused-ring (bicyclic) bond motifs is 14. The smallest absolute Gasteiger partial charge is 0.0541 e. The van der Waals surface area contributed by atoms with E-state index in [0.717, 1.165) is 45.5 Å². The third kappa shape index (κ3) is 13.1. The van der Waals surface area contributed by atoms with Gasteiger partial charge < -0.3 is 18.9 Å². The number of para-hydroxylation sites is 4. The fraction of sp³-hybridized carbons (Fsp3) is 0. The first-order valence-electron chi connectivity index (χ1n) is 42.7. The highest BCUT2D eigenvalue weighted by molar-refractivity contribution is 6.16. The highest BCUT2D eigenvalue weighted by Crippen LogP contribution is 2.45. The second-order valence-corrected chi connectivity index (χ2v) is 32.3. The highest BCUT2D eigenvalue weighted by Gasteiger charge is 2.21. The number of rotatable bonds is 14. The van der Waals surface area contributed by atoms with Crippen molar-refractivity contribution >= 4 is 142 Å². The number of anilines is 6. The van der Waals surface area contributed by atoms with Crippen LogP contribution in [0.1, 0.15) is 0 Å². The van der Waals surface area contributed by atoms with Crippen molar-refractivity contribution in [2.75, 3.05) is 9.80 Å². The molecule has 2 aromatic heterocycles. The third-order valence-corrected chi connectivity index (χ3v) is 25.2. The molecule has 124 heavy (non-hydrogen) atoms. The molecule has 4 nitrogen and oxygen atoms in total. The van der Waals surface area contributed by atoms with Crippen molar-refractivity contribution in [3.05, 3.63) is 485 Å². The normalized spacial score (nSPS) is 11.5. The molecule has 24 aromatic rings. The largest absolute Gasteiger partial charge is 0.311 e. The first kappa shape index (κ1) is 72.8. The molecule has 2 heterocycles. The Hall–Kier alpha value is -16.4. The number of nitrogens with zero attached hydrogens (tertiary/aromatic N) is 4. The molecule has 0 aliphatic rings. The molecule has 0 radical (unpaired) electrons. The zero-order chi connectivity index (χ0) is 82.0. The van der Waals surface area contributed by atoms with E-state index in [2.05, 4.69) is 504 Å². The molecule has 0 bridgehead atoms. The Labute approximate surface area is 719 Å². The molecule has 0 N–H and O–H groups in total. The molecule has 0 unspecified atom stereocenters. The molecule has 0 saturated heterocycles. The lowest BCUT2D eigenvalue weighted by molar-refractivity contribution is 1.17. The van der Waals surface area contributed by atoms with Gasteiger partial charge in [-0.2, -0.15) is 0 Å². The summed E-state index contributed by atoms with van der Waals surface area (Å²) >= 11 is 0. The van der Waals surface area contributed by atoms with Crippen LogP contribution in [0.5, 0.6) is 0 Å². The van der Waals surface area contributed by atoms with Crippen molar-refractivity contribution in [1.82, 2.24) is 9.13 Å². The maximum Gasteiger partial charge on any atom is 0.0541 e. The second-order valence-electron chi connectivity index (χ2n) is 32.3. The SMILES string of the molecule is c1ccc2c(-c3ccc(-c4ccc(N(c5ccc(-c6cc7ccccc7c7ccccc67)cc5)c5ccc(-n6c7ccccc7c7ccccc76)cc5)cc4)cc3)cccc2c1.c1ccc2cc(-c3ccc(-c4ccc(N(c5ccc(-c6cc7ccccc7c7ccccc67)cc5)c5ccc(-n6c7ccccc7c7ccccc76)cc5)cc4)cc3)ccc2c1. The van der Waals surface area contributed by atoms with Crippen LogP contribution in [0.3, 0.4) is 0 Å². The quantitative estimate of drug-likeness (QED) is 0.101. The molecule has 22 aromatic carbocycles. The van der Waals surface area contributed by atoms with Crippen molar-refractivity contribution in [3.63, 3.8) is 0 Å². The first-order chi connectivity index (χ1) is 61.5. The third-order valence-electron chi connectivity index (χ3n) is 25.2. The molecule has 0 spiro atoms. The van der Waals surface area contributed by atoms with Gasteiger partial charge in [-0.25, -0.2) is 0 Å². The Balaban J connectivity index is 0.000000143. The summed E-state index contributed by atoms with van der Waals surface area (Å²) in [6.45, 7) is 0. The van der Waals surface area contributed by atoms with Crippen molar-refractivity contribution in [2.45, 2.75) is 0 Å². The predicted octanol–water partition coefficient (Wildman–Crippen LogP) is 33.4. The molecule has 4 heteroatoms. The Morgan fingerprint density at radius 1 is 0.129 bits per heavy atom. The van der Waals surface area contributed by atoms with E-state index < -0.39 is 0 Å². The Kier molecular flexibility index (Phi) is 18.2. The minimum absolute atomic E-state index is 1.09. The number of hydrogen-bond acceptors (Lipinski definition) is 2. The minimum Gasteiger partial charge on any atom is -0.311 e. The van der Waals surface area contributed by atoms with Crippen LogP contribution in [0.15, 0.2) is 485 Å². The summed E-state index contributed by atoms with van der Waals surface area (Å²) in [5, 5.41) is 20.2. The van der Waals surface area contributed by atoms with Crippen LogP contribution in [0.25, 0.3) is 186 Å². The van der Waals surface area contributed by atoms with E-state index in [1.54, 1.807) is 0 Å². The van der Waals surface area contributed by atoms with Crippen molar-refractivity contribution in [2.24, 2.45) is 0 Å². The Morgan fingerprint density at radius 2 is 0.379 bits per heavy atom. The lowest BCUT2D eigenvalue weighted by Gasteiger charge is -2.26. The van der Waals surface area contributed by atoms with E-state index in [9.17, 15) is 0 Å². The van der Waals surface area contributed by atoms with Gasteiger partial charge in [0.05, 0.1) is 22.1 Å². The topological polar surface area (TPSA) is 16.3 Å².